The summed E-state index contributed by atoms with van der Waals surface area (Å²) >= 11 is 0. The smallest absolute Gasteiger partial charge is 0.0270 e. The third kappa shape index (κ3) is 4.75. The molecule has 0 saturated heterocycles. The van der Waals surface area contributed by atoms with E-state index in [2.05, 4.69) is 50.1 Å². The van der Waals surface area contributed by atoms with Crippen molar-refractivity contribution in [1.29, 1.82) is 0 Å². The van der Waals surface area contributed by atoms with E-state index in [1.165, 1.54) is 5.56 Å². The number of pyridine rings is 1. The molecule has 16 heavy (non-hydrogen) atoms. The van der Waals surface area contributed by atoms with Gasteiger partial charge in [-0.2, -0.15) is 0 Å². The second-order valence-corrected chi connectivity index (χ2v) is 5.58. The molecule has 90 valence electrons. The van der Waals surface area contributed by atoms with Crippen LogP contribution in [0.2, 0.25) is 0 Å². The van der Waals surface area contributed by atoms with Gasteiger partial charge < -0.3 is 5.32 Å². The first-order chi connectivity index (χ1) is 7.50. The lowest BCUT2D eigenvalue weighted by Crippen LogP contribution is -2.30. The Morgan fingerprint density at radius 3 is 2.44 bits per heavy atom. The van der Waals surface area contributed by atoms with Crippen LogP contribution in [0.1, 0.15) is 33.3 Å². The predicted molar refractivity (Wildman–Crippen MR) is 69.4 cm³/mol. The molecule has 1 rings (SSSR count). The van der Waals surface area contributed by atoms with Crippen LogP contribution in [0.15, 0.2) is 24.5 Å². The molecule has 0 fully saturated rings. The fraction of sp³-hybridized carbons (Fsp3) is 0.643. The van der Waals surface area contributed by atoms with Crippen LogP contribution in [0, 0.1) is 11.3 Å². The second kappa shape index (κ2) is 6.00. The van der Waals surface area contributed by atoms with Gasteiger partial charge in [-0.05, 0) is 48.5 Å². The van der Waals surface area contributed by atoms with E-state index < -0.39 is 0 Å². The molecule has 2 heteroatoms. The summed E-state index contributed by atoms with van der Waals surface area (Å²) in [6.07, 6.45) is 4.79. The third-order valence-electron chi connectivity index (χ3n) is 3.27. The van der Waals surface area contributed by atoms with Crippen molar-refractivity contribution in [2.75, 3.05) is 13.1 Å². The minimum Gasteiger partial charge on any atom is -0.316 e. The van der Waals surface area contributed by atoms with Crippen molar-refractivity contribution in [3.05, 3.63) is 30.1 Å². The van der Waals surface area contributed by atoms with Crippen LogP contribution < -0.4 is 5.32 Å². The molecule has 1 heterocycles. The van der Waals surface area contributed by atoms with E-state index in [0.717, 1.165) is 19.5 Å². The molecule has 1 atom stereocenters. The lowest BCUT2D eigenvalue weighted by atomic mass is 9.82. The quantitative estimate of drug-likeness (QED) is 0.772. The van der Waals surface area contributed by atoms with Crippen LogP contribution in [0.3, 0.4) is 0 Å². The largest absolute Gasteiger partial charge is 0.316 e. The predicted octanol–water partition coefficient (Wildman–Crippen LogP) is 2.90. The van der Waals surface area contributed by atoms with E-state index in [1.807, 2.05) is 12.4 Å². The maximum atomic E-state index is 4.01. The van der Waals surface area contributed by atoms with Crippen molar-refractivity contribution >= 4 is 0 Å². The standard InChI is InChI=1S/C14H24N2/c1-12(14(2,3)4)11-16-10-7-13-5-8-15-9-6-13/h5-6,8-9,12,16H,7,10-11H2,1-4H3. The van der Waals surface area contributed by atoms with E-state index in [4.69, 9.17) is 0 Å². The average molecular weight is 220 g/mol. The molecular formula is C14H24N2. The van der Waals surface area contributed by atoms with Gasteiger partial charge in [0, 0.05) is 12.4 Å². The molecule has 2 nitrogen and oxygen atoms in total. The molecule has 0 bridgehead atoms. The van der Waals surface area contributed by atoms with E-state index in [1.54, 1.807) is 0 Å². The molecule has 0 aromatic carbocycles. The Bertz CT molecular complexity index is 287. The molecular weight excluding hydrogens is 196 g/mol. The van der Waals surface area contributed by atoms with Gasteiger partial charge in [0.15, 0.2) is 0 Å². The van der Waals surface area contributed by atoms with Crippen LogP contribution in [0.5, 0.6) is 0 Å². The Balaban J connectivity index is 2.18. The summed E-state index contributed by atoms with van der Waals surface area (Å²) in [5.74, 6) is 0.699. The van der Waals surface area contributed by atoms with Gasteiger partial charge in [0.2, 0.25) is 0 Å². The second-order valence-electron chi connectivity index (χ2n) is 5.58. The first kappa shape index (κ1) is 13.2. The lowest BCUT2D eigenvalue weighted by molar-refractivity contribution is 0.253. The van der Waals surface area contributed by atoms with Gasteiger partial charge in [-0.25, -0.2) is 0 Å². The molecule has 0 radical (unpaired) electrons. The van der Waals surface area contributed by atoms with Gasteiger partial charge in [0.05, 0.1) is 0 Å². The molecule has 1 N–H and O–H groups in total. The van der Waals surface area contributed by atoms with Crippen LogP contribution in [-0.4, -0.2) is 18.1 Å². The Labute approximate surface area is 99.5 Å². The van der Waals surface area contributed by atoms with Gasteiger partial charge in [0.25, 0.3) is 0 Å². The fourth-order valence-electron chi connectivity index (χ4n) is 1.41. The van der Waals surface area contributed by atoms with E-state index in [9.17, 15) is 0 Å². The summed E-state index contributed by atoms with van der Waals surface area (Å²) in [6, 6.07) is 4.16. The van der Waals surface area contributed by atoms with Crippen LogP contribution in [0.4, 0.5) is 0 Å². The molecule has 1 unspecified atom stereocenters. The molecule has 0 saturated carbocycles. The van der Waals surface area contributed by atoms with Gasteiger partial charge in [-0.15, -0.1) is 0 Å². The van der Waals surface area contributed by atoms with E-state index in [0.29, 0.717) is 11.3 Å². The third-order valence-corrected chi connectivity index (χ3v) is 3.27. The minimum atomic E-state index is 0.393. The zero-order chi connectivity index (χ0) is 12.0. The average Bonchev–Trinajstić information content (AvgIpc) is 2.24. The van der Waals surface area contributed by atoms with Crippen molar-refractivity contribution in [2.24, 2.45) is 11.3 Å². The number of rotatable bonds is 5. The number of nitrogens with zero attached hydrogens (tertiary/aromatic N) is 1. The van der Waals surface area contributed by atoms with E-state index >= 15 is 0 Å². The monoisotopic (exact) mass is 220 g/mol. The lowest BCUT2D eigenvalue weighted by Gasteiger charge is -2.27. The zero-order valence-corrected chi connectivity index (χ0v) is 11.0. The van der Waals surface area contributed by atoms with Crippen molar-refractivity contribution in [2.45, 2.75) is 34.1 Å². The first-order valence-electron chi connectivity index (χ1n) is 6.10. The first-order valence-corrected chi connectivity index (χ1v) is 6.10. The summed E-state index contributed by atoms with van der Waals surface area (Å²) in [5, 5.41) is 3.52. The van der Waals surface area contributed by atoms with Crippen molar-refractivity contribution in [1.82, 2.24) is 10.3 Å². The molecule has 1 aromatic rings. The van der Waals surface area contributed by atoms with Crippen LogP contribution in [0.25, 0.3) is 0 Å². The van der Waals surface area contributed by atoms with Crippen molar-refractivity contribution < 1.29 is 0 Å². The number of aromatic nitrogens is 1. The Morgan fingerprint density at radius 1 is 1.25 bits per heavy atom. The molecule has 0 aliphatic heterocycles. The topological polar surface area (TPSA) is 24.9 Å². The van der Waals surface area contributed by atoms with Crippen molar-refractivity contribution in [3.8, 4) is 0 Å². The molecule has 1 aromatic heterocycles. The number of hydrogen-bond acceptors (Lipinski definition) is 2. The highest BCUT2D eigenvalue weighted by Crippen LogP contribution is 2.24. The maximum Gasteiger partial charge on any atom is 0.0270 e. The van der Waals surface area contributed by atoms with Gasteiger partial charge in [-0.1, -0.05) is 27.7 Å². The maximum absolute atomic E-state index is 4.01. The van der Waals surface area contributed by atoms with Gasteiger partial charge in [0.1, 0.15) is 0 Å². The Kier molecular flexibility index (Phi) is 4.94. The molecule has 0 amide bonds. The fourth-order valence-corrected chi connectivity index (χ4v) is 1.41. The zero-order valence-electron chi connectivity index (χ0n) is 11.0. The molecule has 0 aliphatic carbocycles. The van der Waals surface area contributed by atoms with Gasteiger partial charge >= 0.3 is 0 Å². The highest BCUT2D eigenvalue weighted by Gasteiger charge is 2.18. The molecule has 0 spiro atoms. The Hall–Kier alpha value is -0.890. The summed E-state index contributed by atoms with van der Waals surface area (Å²) in [7, 11) is 0. The summed E-state index contributed by atoms with van der Waals surface area (Å²) in [6.45, 7) is 11.3. The van der Waals surface area contributed by atoms with E-state index in [-0.39, 0.29) is 0 Å². The SMILES string of the molecule is CC(CNCCc1ccncc1)C(C)(C)C. The highest BCUT2D eigenvalue weighted by molar-refractivity contribution is 5.09. The summed E-state index contributed by atoms with van der Waals surface area (Å²) in [4.78, 5) is 4.01. The van der Waals surface area contributed by atoms with Gasteiger partial charge in [-0.3, -0.25) is 4.98 Å². The van der Waals surface area contributed by atoms with Crippen LogP contribution in [-0.2, 0) is 6.42 Å². The van der Waals surface area contributed by atoms with Crippen molar-refractivity contribution in [3.63, 3.8) is 0 Å². The normalized spacial score (nSPS) is 13.8. The Morgan fingerprint density at radius 2 is 1.88 bits per heavy atom. The summed E-state index contributed by atoms with van der Waals surface area (Å²) in [5.41, 5.74) is 1.75. The minimum absolute atomic E-state index is 0.393. The number of hydrogen-bond donors (Lipinski definition) is 1. The molecule has 0 aliphatic rings. The summed E-state index contributed by atoms with van der Waals surface area (Å²) < 4.78 is 0. The number of nitrogens with one attached hydrogen (secondary N) is 1. The van der Waals surface area contributed by atoms with Crippen LogP contribution >= 0.6 is 0 Å². The highest BCUT2D eigenvalue weighted by atomic mass is 14.9.